The van der Waals surface area contributed by atoms with Gasteiger partial charge in [0.15, 0.2) is 0 Å². The summed E-state index contributed by atoms with van der Waals surface area (Å²) in [5.41, 5.74) is 0.878. The van der Waals surface area contributed by atoms with Crippen LogP contribution in [0.15, 0.2) is 47.4 Å². The number of ether oxygens (including phenoxy) is 1. The summed E-state index contributed by atoms with van der Waals surface area (Å²) in [6.45, 7) is 1.52. The van der Waals surface area contributed by atoms with Crippen molar-refractivity contribution in [1.82, 2.24) is 4.31 Å². The van der Waals surface area contributed by atoms with Crippen molar-refractivity contribution in [3.63, 3.8) is 0 Å². The molecule has 0 aromatic heterocycles. The number of hydrogen-bond acceptors (Lipinski definition) is 5. The van der Waals surface area contributed by atoms with Crippen LogP contribution in [0.2, 0.25) is 10.0 Å². The molecule has 0 saturated carbocycles. The monoisotopic (exact) mass is 428 g/mol. The Morgan fingerprint density at radius 1 is 1.00 bits per heavy atom. The zero-order valence-electron chi connectivity index (χ0n) is 14.6. The van der Waals surface area contributed by atoms with Gasteiger partial charge in [0.2, 0.25) is 10.0 Å². The van der Waals surface area contributed by atoms with Crippen molar-refractivity contribution in [2.45, 2.75) is 4.90 Å². The van der Waals surface area contributed by atoms with Crippen LogP contribution in [-0.2, 0) is 14.8 Å². The van der Waals surface area contributed by atoms with E-state index in [1.54, 1.807) is 30.3 Å². The molecule has 144 valence electrons. The molecule has 2 aromatic carbocycles. The SMILES string of the molecule is COC(=O)c1ccccc1S(=O)(=O)N1CCN(c2cc(Cl)cc(Cl)c2)CC1. The van der Waals surface area contributed by atoms with Crippen LogP contribution in [0.5, 0.6) is 0 Å². The smallest absolute Gasteiger partial charge is 0.339 e. The number of piperazine rings is 1. The van der Waals surface area contributed by atoms with Crippen LogP contribution < -0.4 is 4.90 Å². The molecule has 1 saturated heterocycles. The fourth-order valence-electron chi connectivity index (χ4n) is 3.02. The Kier molecular flexibility index (Phi) is 5.95. The van der Waals surface area contributed by atoms with E-state index in [2.05, 4.69) is 0 Å². The molecule has 0 bridgehead atoms. The average molecular weight is 429 g/mol. The lowest BCUT2D eigenvalue weighted by atomic mass is 10.2. The number of nitrogens with zero attached hydrogens (tertiary/aromatic N) is 2. The predicted octanol–water partition coefficient (Wildman–Crippen LogP) is 3.29. The molecule has 0 unspecified atom stereocenters. The van der Waals surface area contributed by atoms with Gasteiger partial charge in [-0.25, -0.2) is 13.2 Å². The third-order valence-corrected chi connectivity index (χ3v) is 6.75. The van der Waals surface area contributed by atoms with Crippen molar-refractivity contribution in [1.29, 1.82) is 0 Å². The van der Waals surface area contributed by atoms with Crippen LogP contribution in [0.1, 0.15) is 10.4 Å². The van der Waals surface area contributed by atoms with Gasteiger partial charge in [-0.2, -0.15) is 4.31 Å². The zero-order chi connectivity index (χ0) is 19.6. The second-order valence-corrected chi connectivity index (χ2v) is 8.79. The van der Waals surface area contributed by atoms with Gasteiger partial charge in [-0.1, -0.05) is 35.3 Å². The fourth-order valence-corrected chi connectivity index (χ4v) is 5.13. The third-order valence-electron chi connectivity index (χ3n) is 4.36. The second kappa shape index (κ2) is 8.06. The molecule has 27 heavy (non-hydrogen) atoms. The van der Waals surface area contributed by atoms with Crippen molar-refractivity contribution in [2.75, 3.05) is 38.2 Å². The minimum absolute atomic E-state index is 0.0315. The maximum atomic E-state index is 13.0. The highest BCUT2D eigenvalue weighted by molar-refractivity contribution is 7.89. The van der Waals surface area contributed by atoms with Crippen molar-refractivity contribution >= 4 is 44.9 Å². The third kappa shape index (κ3) is 4.21. The van der Waals surface area contributed by atoms with E-state index < -0.39 is 16.0 Å². The molecular formula is C18H18Cl2N2O4S. The van der Waals surface area contributed by atoms with Crippen LogP contribution in [0.3, 0.4) is 0 Å². The summed E-state index contributed by atoms with van der Waals surface area (Å²) in [4.78, 5) is 13.9. The molecule has 3 rings (SSSR count). The highest BCUT2D eigenvalue weighted by Gasteiger charge is 2.32. The Labute approximate surface area is 168 Å². The predicted molar refractivity (Wildman–Crippen MR) is 105 cm³/mol. The lowest BCUT2D eigenvalue weighted by molar-refractivity contribution is 0.0596. The lowest BCUT2D eigenvalue weighted by Gasteiger charge is -2.35. The normalized spacial score (nSPS) is 15.6. The summed E-state index contributed by atoms with van der Waals surface area (Å²) in [7, 11) is -2.59. The first-order valence-electron chi connectivity index (χ1n) is 8.21. The molecule has 0 amide bonds. The van der Waals surface area contributed by atoms with Crippen LogP contribution in [0.25, 0.3) is 0 Å². The van der Waals surface area contributed by atoms with Gasteiger partial charge in [0.05, 0.1) is 17.6 Å². The van der Waals surface area contributed by atoms with E-state index in [1.165, 1.54) is 23.5 Å². The summed E-state index contributed by atoms with van der Waals surface area (Å²) in [6.07, 6.45) is 0. The van der Waals surface area contributed by atoms with Gasteiger partial charge >= 0.3 is 5.97 Å². The van der Waals surface area contributed by atoms with E-state index in [4.69, 9.17) is 27.9 Å². The van der Waals surface area contributed by atoms with Gasteiger partial charge in [-0.3, -0.25) is 0 Å². The van der Waals surface area contributed by atoms with Gasteiger partial charge in [0, 0.05) is 41.9 Å². The molecule has 0 atom stereocenters. The standard InChI is InChI=1S/C18H18Cl2N2O4S/c1-26-18(23)16-4-2-3-5-17(16)27(24,25)22-8-6-21(7-9-22)15-11-13(19)10-14(20)12-15/h2-5,10-12H,6-9H2,1H3. The quantitative estimate of drug-likeness (QED) is 0.698. The number of rotatable bonds is 4. The van der Waals surface area contributed by atoms with Crippen LogP contribution >= 0.6 is 23.2 Å². The summed E-state index contributed by atoms with van der Waals surface area (Å²) >= 11 is 12.1. The topological polar surface area (TPSA) is 66.9 Å². The molecule has 6 nitrogen and oxygen atoms in total. The highest BCUT2D eigenvalue weighted by Crippen LogP contribution is 2.28. The first kappa shape index (κ1) is 19.9. The maximum absolute atomic E-state index is 13.0. The van der Waals surface area contributed by atoms with Crippen molar-refractivity contribution in [3.8, 4) is 0 Å². The minimum Gasteiger partial charge on any atom is -0.465 e. The Hall–Kier alpha value is -1.80. The summed E-state index contributed by atoms with van der Waals surface area (Å²) in [5.74, 6) is -0.679. The molecule has 0 aliphatic carbocycles. The van der Waals surface area contributed by atoms with Gasteiger partial charge < -0.3 is 9.64 Å². The Balaban J connectivity index is 1.80. The van der Waals surface area contributed by atoms with E-state index in [-0.39, 0.29) is 23.5 Å². The van der Waals surface area contributed by atoms with Crippen LogP contribution in [0, 0.1) is 0 Å². The fraction of sp³-hybridized carbons (Fsp3) is 0.278. The zero-order valence-corrected chi connectivity index (χ0v) is 16.9. The van der Waals surface area contributed by atoms with Gasteiger partial charge in [-0.05, 0) is 30.3 Å². The summed E-state index contributed by atoms with van der Waals surface area (Å²) in [5, 5.41) is 1.05. The number of halogens is 2. The van der Waals surface area contributed by atoms with E-state index >= 15 is 0 Å². The van der Waals surface area contributed by atoms with Crippen LogP contribution in [0.4, 0.5) is 5.69 Å². The number of methoxy groups -OCH3 is 1. The van der Waals surface area contributed by atoms with E-state index in [0.29, 0.717) is 23.1 Å². The number of esters is 1. The van der Waals surface area contributed by atoms with Crippen molar-refractivity contribution in [3.05, 3.63) is 58.1 Å². The molecule has 1 aliphatic rings. The lowest BCUT2D eigenvalue weighted by Crippen LogP contribution is -2.48. The first-order valence-corrected chi connectivity index (χ1v) is 10.4. The molecule has 0 spiro atoms. The minimum atomic E-state index is -3.82. The average Bonchev–Trinajstić information content (AvgIpc) is 2.66. The number of anilines is 1. The van der Waals surface area contributed by atoms with E-state index in [1.807, 2.05) is 4.90 Å². The van der Waals surface area contributed by atoms with E-state index in [9.17, 15) is 13.2 Å². The molecule has 1 aliphatic heterocycles. The molecule has 2 aromatic rings. The van der Waals surface area contributed by atoms with Crippen LogP contribution in [-0.4, -0.2) is 52.0 Å². The van der Waals surface area contributed by atoms with Crippen molar-refractivity contribution < 1.29 is 17.9 Å². The van der Waals surface area contributed by atoms with Gasteiger partial charge in [0.25, 0.3) is 0 Å². The number of carbonyl (C=O) groups excluding carboxylic acids is 1. The van der Waals surface area contributed by atoms with E-state index in [0.717, 1.165) is 5.69 Å². The Morgan fingerprint density at radius 2 is 1.59 bits per heavy atom. The summed E-state index contributed by atoms with van der Waals surface area (Å²) < 4.78 is 32.1. The molecule has 0 N–H and O–H groups in total. The number of sulfonamides is 1. The Bertz CT molecular complexity index is 937. The Morgan fingerprint density at radius 3 is 2.19 bits per heavy atom. The number of carbonyl (C=O) groups is 1. The molecule has 9 heteroatoms. The summed E-state index contributed by atoms with van der Waals surface area (Å²) in [6, 6.07) is 11.3. The number of benzene rings is 2. The molecule has 1 heterocycles. The molecular weight excluding hydrogens is 411 g/mol. The maximum Gasteiger partial charge on any atom is 0.339 e. The molecule has 0 radical (unpaired) electrons. The van der Waals surface area contributed by atoms with Gasteiger partial charge in [-0.15, -0.1) is 0 Å². The first-order chi connectivity index (χ1) is 12.8. The van der Waals surface area contributed by atoms with Crippen molar-refractivity contribution in [2.24, 2.45) is 0 Å². The largest absolute Gasteiger partial charge is 0.465 e. The number of hydrogen-bond donors (Lipinski definition) is 0. The van der Waals surface area contributed by atoms with Gasteiger partial charge in [0.1, 0.15) is 0 Å². The second-order valence-electron chi connectivity index (χ2n) is 6.01. The molecule has 1 fully saturated rings. The highest BCUT2D eigenvalue weighted by atomic mass is 35.5.